The van der Waals surface area contributed by atoms with Gasteiger partial charge in [0, 0.05) is 35.1 Å². The Morgan fingerprint density at radius 3 is 2.32 bits per heavy atom. The molecule has 1 spiro atoms. The lowest BCUT2D eigenvalue weighted by atomic mass is 9.94. The van der Waals surface area contributed by atoms with E-state index in [2.05, 4.69) is 0 Å². The number of hydrogen-bond acceptors (Lipinski definition) is 5. The molecule has 1 N–H and O–H groups in total. The molecule has 38 heavy (non-hydrogen) atoms. The van der Waals surface area contributed by atoms with Gasteiger partial charge in [-0.3, -0.25) is 9.69 Å². The molecule has 2 aromatic rings. The standard InChI is InChI=1S/C28H32Cl2N2O6/c1-27(2,3)38-26(36)32-14-5-12-28(32)13-15-31(25(28)35)23(24(33)34)16-18-8-10-19(11-9-18)37-17-20-21(29)6-4-7-22(20)30/h4,6-11,23H,5,12-17H2,1-3H3,(H,33,34)/t23-,28+/m1/s1. The lowest BCUT2D eigenvalue weighted by Gasteiger charge is -2.35. The van der Waals surface area contributed by atoms with Crippen molar-refractivity contribution in [2.45, 2.75) is 70.2 Å². The molecule has 2 saturated heterocycles. The number of benzene rings is 2. The number of aliphatic carboxylic acids is 1. The van der Waals surface area contributed by atoms with Gasteiger partial charge in [0.25, 0.3) is 0 Å². The summed E-state index contributed by atoms with van der Waals surface area (Å²) < 4.78 is 11.4. The van der Waals surface area contributed by atoms with Crippen LogP contribution in [0.1, 0.15) is 51.2 Å². The van der Waals surface area contributed by atoms with Gasteiger partial charge in [-0.25, -0.2) is 9.59 Å². The number of ether oxygens (including phenoxy) is 2. The third kappa shape index (κ3) is 5.86. The first-order chi connectivity index (χ1) is 17.9. The van der Waals surface area contributed by atoms with Gasteiger partial charge in [0.15, 0.2) is 0 Å². The molecular weight excluding hydrogens is 531 g/mol. The zero-order chi connectivity index (χ0) is 27.7. The van der Waals surface area contributed by atoms with Gasteiger partial charge in [0.2, 0.25) is 5.91 Å². The van der Waals surface area contributed by atoms with Crippen LogP contribution in [0, 0.1) is 0 Å². The molecule has 4 rings (SSSR count). The molecule has 0 aliphatic carbocycles. The topological polar surface area (TPSA) is 96.4 Å². The van der Waals surface area contributed by atoms with E-state index in [0.29, 0.717) is 47.2 Å². The lowest BCUT2D eigenvalue weighted by Crippen LogP contribution is -2.56. The minimum Gasteiger partial charge on any atom is -0.489 e. The van der Waals surface area contributed by atoms with Crippen molar-refractivity contribution in [3.63, 3.8) is 0 Å². The van der Waals surface area contributed by atoms with E-state index in [4.69, 9.17) is 32.7 Å². The van der Waals surface area contributed by atoms with Crippen molar-refractivity contribution >= 4 is 41.2 Å². The maximum atomic E-state index is 13.6. The van der Waals surface area contributed by atoms with Crippen LogP contribution < -0.4 is 4.74 Å². The van der Waals surface area contributed by atoms with Crippen LogP contribution in [-0.4, -0.2) is 63.1 Å². The molecule has 2 fully saturated rings. The Labute approximate surface area is 232 Å². The molecule has 2 aromatic carbocycles. The van der Waals surface area contributed by atoms with Gasteiger partial charge in [-0.15, -0.1) is 0 Å². The van der Waals surface area contributed by atoms with E-state index in [-0.39, 0.29) is 25.5 Å². The second kappa shape index (κ2) is 11.0. The van der Waals surface area contributed by atoms with Gasteiger partial charge in [-0.2, -0.15) is 0 Å². The molecule has 2 amide bonds. The fraction of sp³-hybridized carbons (Fsp3) is 0.464. The average Bonchev–Trinajstić information content (AvgIpc) is 3.41. The zero-order valence-corrected chi connectivity index (χ0v) is 23.2. The van der Waals surface area contributed by atoms with Crippen LogP contribution in [0.4, 0.5) is 4.79 Å². The number of nitrogens with zero attached hydrogens (tertiary/aromatic N) is 2. The number of rotatable bonds is 7. The van der Waals surface area contributed by atoms with Gasteiger partial charge >= 0.3 is 12.1 Å². The first kappa shape index (κ1) is 28.0. The Hall–Kier alpha value is -2.97. The van der Waals surface area contributed by atoms with Gasteiger partial charge in [-0.05, 0) is 69.9 Å². The maximum Gasteiger partial charge on any atom is 0.411 e. The summed E-state index contributed by atoms with van der Waals surface area (Å²) in [5, 5.41) is 11.1. The predicted octanol–water partition coefficient (Wildman–Crippen LogP) is 5.57. The summed E-state index contributed by atoms with van der Waals surface area (Å²) in [7, 11) is 0. The fourth-order valence-corrected chi connectivity index (χ4v) is 5.63. The molecule has 0 unspecified atom stereocenters. The quantitative estimate of drug-likeness (QED) is 0.473. The number of halogens is 2. The van der Waals surface area contributed by atoms with Crippen molar-refractivity contribution < 1.29 is 29.0 Å². The largest absolute Gasteiger partial charge is 0.489 e. The van der Waals surface area contributed by atoms with Gasteiger partial charge < -0.3 is 19.5 Å². The molecule has 2 atom stereocenters. The van der Waals surface area contributed by atoms with Gasteiger partial charge in [0.05, 0.1) is 0 Å². The normalized spacial score (nSPS) is 20.2. The molecule has 2 heterocycles. The predicted molar refractivity (Wildman–Crippen MR) is 144 cm³/mol. The van der Waals surface area contributed by atoms with E-state index in [1.807, 2.05) is 0 Å². The van der Waals surface area contributed by atoms with E-state index < -0.39 is 29.2 Å². The van der Waals surface area contributed by atoms with E-state index in [0.717, 1.165) is 5.56 Å². The van der Waals surface area contributed by atoms with Crippen molar-refractivity contribution in [1.29, 1.82) is 0 Å². The summed E-state index contributed by atoms with van der Waals surface area (Å²) in [5.41, 5.74) is -0.320. The van der Waals surface area contributed by atoms with Crippen molar-refractivity contribution in [2.24, 2.45) is 0 Å². The third-order valence-corrected chi connectivity index (χ3v) is 7.69. The van der Waals surface area contributed by atoms with Crippen LogP contribution in [0.2, 0.25) is 10.0 Å². The first-order valence-electron chi connectivity index (χ1n) is 12.6. The number of carbonyl (C=O) groups excluding carboxylic acids is 2. The summed E-state index contributed by atoms with van der Waals surface area (Å²) in [6, 6.07) is 11.2. The number of carboxylic acid groups (broad SMARTS) is 1. The van der Waals surface area contributed by atoms with Crippen LogP contribution in [0.3, 0.4) is 0 Å². The number of amides is 2. The SMILES string of the molecule is CC(C)(C)OC(=O)N1CCC[C@@]12CCN([C@H](Cc1ccc(OCc3c(Cl)cccc3Cl)cc1)C(=O)O)C2=O. The highest BCUT2D eigenvalue weighted by molar-refractivity contribution is 6.35. The zero-order valence-electron chi connectivity index (χ0n) is 21.7. The molecule has 10 heteroatoms. The van der Waals surface area contributed by atoms with Gasteiger partial charge in [0.1, 0.15) is 29.5 Å². The smallest absolute Gasteiger partial charge is 0.411 e. The lowest BCUT2D eigenvalue weighted by molar-refractivity contribution is -0.150. The molecular formula is C28H32Cl2N2O6. The molecule has 2 aliphatic heterocycles. The highest BCUT2D eigenvalue weighted by atomic mass is 35.5. The number of carbonyl (C=O) groups is 3. The van der Waals surface area contributed by atoms with Crippen molar-refractivity contribution in [3.8, 4) is 5.75 Å². The molecule has 2 aliphatic rings. The Bertz CT molecular complexity index is 1190. The summed E-state index contributed by atoms with van der Waals surface area (Å²) in [6.07, 6.45) is 1.13. The van der Waals surface area contributed by atoms with Crippen LogP contribution >= 0.6 is 23.2 Å². The Kier molecular flexibility index (Phi) is 8.14. The van der Waals surface area contributed by atoms with Gasteiger partial charge in [-0.1, -0.05) is 41.4 Å². The van der Waals surface area contributed by atoms with E-state index >= 15 is 0 Å². The number of hydrogen-bond donors (Lipinski definition) is 1. The molecule has 0 radical (unpaired) electrons. The van der Waals surface area contributed by atoms with Crippen LogP contribution in [0.25, 0.3) is 0 Å². The monoisotopic (exact) mass is 562 g/mol. The van der Waals surface area contributed by atoms with Crippen molar-refractivity contribution in [3.05, 3.63) is 63.6 Å². The second-order valence-corrected chi connectivity index (χ2v) is 11.5. The van der Waals surface area contributed by atoms with Crippen LogP contribution in [0.15, 0.2) is 42.5 Å². The molecule has 8 nitrogen and oxygen atoms in total. The van der Waals surface area contributed by atoms with Crippen LogP contribution in [0.5, 0.6) is 5.75 Å². The Morgan fingerprint density at radius 1 is 1.05 bits per heavy atom. The second-order valence-electron chi connectivity index (χ2n) is 10.7. The van der Waals surface area contributed by atoms with E-state index in [9.17, 15) is 19.5 Å². The average molecular weight is 563 g/mol. The van der Waals surface area contributed by atoms with Crippen molar-refractivity contribution in [2.75, 3.05) is 13.1 Å². The fourth-order valence-electron chi connectivity index (χ4n) is 5.12. The molecule has 204 valence electrons. The minimum absolute atomic E-state index is 0.125. The first-order valence-corrected chi connectivity index (χ1v) is 13.4. The molecule has 0 aromatic heterocycles. The Morgan fingerprint density at radius 2 is 1.71 bits per heavy atom. The van der Waals surface area contributed by atoms with Crippen molar-refractivity contribution in [1.82, 2.24) is 9.80 Å². The minimum atomic E-state index is -1.09. The van der Waals surface area contributed by atoms with Crippen LogP contribution in [-0.2, 0) is 27.4 Å². The highest BCUT2D eigenvalue weighted by Crippen LogP contribution is 2.40. The summed E-state index contributed by atoms with van der Waals surface area (Å²) in [5.74, 6) is -0.845. The van der Waals surface area contributed by atoms with E-state index in [1.54, 1.807) is 63.2 Å². The third-order valence-electron chi connectivity index (χ3n) is 6.99. The number of carboxylic acids is 1. The maximum absolute atomic E-state index is 13.6. The summed E-state index contributed by atoms with van der Waals surface area (Å²) >= 11 is 12.4. The molecule has 0 bridgehead atoms. The Balaban J connectivity index is 1.44. The highest BCUT2D eigenvalue weighted by Gasteiger charge is 2.57. The molecule has 0 saturated carbocycles. The number of likely N-dealkylation sites (tertiary alicyclic amines) is 2. The summed E-state index contributed by atoms with van der Waals surface area (Å²) in [4.78, 5) is 41.7. The summed E-state index contributed by atoms with van der Waals surface area (Å²) in [6.45, 7) is 6.19. The van der Waals surface area contributed by atoms with E-state index in [1.165, 1.54) is 9.80 Å².